The molecule has 0 N–H and O–H groups in total. The number of carbonyl (C=O) groups is 1. The molecule has 2 aliphatic rings. The van der Waals surface area contributed by atoms with E-state index < -0.39 is 0 Å². The lowest BCUT2D eigenvalue weighted by Crippen LogP contribution is -2.49. The van der Waals surface area contributed by atoms with Crippen LogP contribution in [0, 0.1) is 5.41 Å². The Hall–Kier alpha value is -2.98. The van der Waals surface area contributed by atoms with E-state index in [0.717, 1.165) is 44.6 Å². The number of pyridine rings is 1. The lowest BCUT2D eigenvalue weighted by Gasteiger charge is -2.48. The fraction of sp³-hybridized carbons (Fsp3) is 0.357. The molecule has 3 heterocycles. The van der Waals surface area contributed by atoms with E-state index >= 15 is 0 Å². The fourth-order valence-electron chi connectivity index (χ4n) is 5.50. The molecule has 1 aromatic heterocycles. The van der Waals surface area contributed by atoms with Crippen molar-refractivity contribution in [2.24, 2.45) is 5.41 Å². The van der Waals surface area contributed by atoms with Crippen molar-refractivity contribution in [3.05, 3.63) is 102 Å². The molecule has 4 nitrogen and oxygen atoms in total. The fourth-order valence-corrected chi connectivity index (χ4v) is 5.50. The highest BCUT2D eigenvalue weighted by Crippen LogP contribution is 2.44. The molecular weight excluding hydrogens is 394 g/mol. The van der Waals surface area contributed by atoms with Crippen molar-refractivity contribution in [2.75, 3.05) is 26.2 Å². The molecule has 2 saturated heterocycles. The summed E-state index contributed by atoms with van der Waals surface area (Å²) in [7, 11) is 0. The Bertz CT molecular complexity index is 965. The van der Waals surface area contributed by atoms with Crippen LogP contribution in [0.2, 0.25) is 0 Å². The number of benzene rings is 2. The van der Waals surface area contributed by atoms with E-state index in [2.05, 4.69) is 70.5 Å². The van der Waals surface area contributed by atoms with Crippen molar-refractivity contribution in [1.82, 2.24) is 14.8 Å². The third-order valence-corrected chi connectivity index (χ3v) is 7.49. The Morgan fingerprint density at radius 3 is 1.75 bits per heavy atom. The van der Waals surface area contributed by atoms with Gasteiger partial charge in [-0.2, -0.15) is 0 Å². The Labute approximate surface area is 190 Å². The summed E-state index contributed by atoms with van der Waals surface area (Å²) in [6, 6.07) is 25.7. The summed E-state index contributed by atoms with van der Waals surface area (Å²) in [6.07, 6.45) is 8.04. The molecule has 0 atom stereocenters. The molecule has 4 heteroatoms. The number of aromatic nitrogens is 1. The Morgan fingerprint density at radius 2 is 1.22 bits per heavy atom. The van der Waals surface area contributed by atoms with E-state index in [1.807, 2.05) is 17.0 Å². The summed E-state index contributed by atoms with van der Waals surface area (Å²) in [5.74, 6) is 0.146. The van der Waals surface area contributed by atoms with Crippen molar-refractivity contribution < 1.29 is 4.79 Å². The van der Waals surface area contributed by atoms with Crippen molar-refractivity contribution >= 4 is 5.91 Å². The lowest BCUT2D eigenvalue weighted by molar-refractivity contribution is 0.0233. The monoisotopic (exact) mass is 425 g/mol. The maximum atomic E-state index is 12.8. The average molecular weight is 426 g/mol. The largest absolute Gasteiger partial charge is 0.339 e. The zero-order valence-electron chi connectivity index (χ0n) is 18.6. The van der Waals surface area contributed by atoms with E-state index in [4.69, 9.17) is 0 Å². The van der Waals surface area contributed by atoms with Crippen LogP contribution >= 0.6 is 0 Å². The smallest absolute Gasteiger partial charge is 0.253 e. The first-order valence-corrected chi connectivity index (χ1v) is 11.8. The molecule has 1 spiro atoms. The quantitative estimate of drug-likeness (QED) is 0.577. The van der Waals surface area contributed by atoms with Crippen molar-refractivity contribution in [3.8, 4) is 0 Å². The zero-order valence-corrected chi connectivity index (χ0v) is 18.6. The third kappa shape index (κ3) is 4.33. The van der Waals surface area contributed by atoms with Gasteiger partial charge in [-0.1, -0.05) is 60.7 Å². The Kier molecular flexibility index (Phi) is 6.04. The second-order valence-electron chi connectivity index (χ2n) is 9.29. The van der Waals surface area contributed by atoms with E-state index in [1.54, 1.807) is 12.4 Å². The van der Waals surface area contributed by atoms with E-state index in [-0.39, 0.29) is 5.91 Å². The number of hydrogen-bond donors (Lipinski definition) is 0. The Balaban J connectivity index is 1.25. The summed E-state index contributed by atoms with van der Waals surface area (Å²) >= 11 is 0. The van der Waals surface area contributed by atoms with Crippen LogP contribution in [-0.4, -0.2) is 46.9 Å². The highest BCUT2D eigenvalue weighted by atomic mass is 16.2. The summed E-state index contributed by atoms with van der Waals surface area (Å²) in [5.41, 5.74) is 3.86. The molecule has 0 aliphatic carbocycles. The van der Waals surface area contributed by atoms with Gasteiger partial charge in [0.15, 0.2) is 0 Å². The first kappa shape index (κ1) is 20.9. The molecule has 32 heavy (non-hydrogen) atoms. The predicted octanol–water partition coefficient (Wildman–Crippen LogP) is 5.19. The van der Waals surface area contributed by atoms with Gasteiger partial charge >= 0.3 is 0 Å². The highest BCUT2D eigenvalue weighted by molar-refractivity contribution is 5.94. The summed E-state index contributed by atoms with van der Waals surface area (Å²) in [5, 5.41) is 0. The van der Waals surface area contributed by atoms with Gasteiger partial charge in [-0.05, 0) is 67.4 Å². The molecule has 2 aromatic carbocycles. The molecule has 3 aromatic rings. The number of carbonyl (C=O) groups excluding carboxylic acids is 1. The molecule has 164 valence electrons. The molecule has 0 saturated carbocycles. The second kappa shape index (κ2) is 9.25. The average Bonchev–Trinajstić information content (AvgIpc) is 2.87. The minimum Gasteiger partial charge on any atom is -0.339 e. The molecule has 2 aliphatic heterocycles. The van der Waals surface area contributed by atoms with E-state index in [0.29, 0.717) is 11.5 Å². The van der Waals surface area contributed by atoms with Crippen LogP contribution in [0.25, 0.3) is 0 Å². The van der Waals surface area contributed by atoms with Crippen LogP contribution in [0.1, 0.15) is 53.2 Å². The number of rotatable bonds is 4. The van der Waals surface area contributed by atoms with Crippen molar-refractivity contribution in [1.29, 1.82) is 0 Å². The third-order valence-electron chi connectivity index (χ3n) is 7.49. The molecule has 0 unspecified atom stereocenters. The van der Waals surface area contributed by atoms with Gasteiger partial charge in [0.2, 0.25) is 0 Å². The first-order chi connectivity index (χ1) is 15.7. The zero-order chi connectivity index (χ0) is 21.8. The lowest BCUT2D eigenvalue weighted by atomic mass is 9.70. The van der Waals surface area contributed by atoms with Gasteiger partial charge < -0.3 is 4.90 Å². The van der Waals surface area contributed by atoms with Gasteiger partial charge in [-0.3, -0.25) is 14.7 Å². The van der Waals surface area contributed by atoms with Gasteiger partial charge in [0, 0.05) is 31.0 Å². The van der Waals surface area contributed by atoms with Gasteiger partial charge in [-0.15, -0.1) is 0 Å². The normalized spacial score (nSPS) is 18.7. The van der Waals surface area contributed by atoms with Gasteiger partial charge in [0.1, 0.15) is 0 Å². The van der Waals surface area contributed by atoms with Crippen LogP contribution in [-0.2, 0) is 0 Å². The van der Waals surface area contributed by atoms with Gasteiger partial charge in [0.05, 0.1) is 6.04 Å². The number of hydrogen-bond acceptors (Lipinski definition) is 3. The van der Waals surface area contributed by atoms with Gasteiger partial charge in [0.25, 0.3) is 5.91 Å². The van der Waals surface area contributed by atoms with Crippen LogP contribution < -0.4 is 0 Å². The summed E-state index contributed by atoms with van der Waals surface area (Å²) < 4.78 is 0. The van der Waals surface area contributed by atoms with Gasteiger partial charge in [-0.25, -0.2) is 0 Å². The van der Waals surface area contributed by atoms with Crippen LogP contribution in [0.15, 0.2) is 85.2 Å². The second-order valence-corrected chi connectivity index (χ2v) is 9.29. The standard InChI is InChI=1S/C28H31N3O/c32-27(25-11-17-29-18-12-25)31-21-15-28(16-22-31)13-19-30(20-14-28)26(23-7-3-1-4-8-23)24-9-5-2-6-10-24/h1-12,17-18,26H,13-16,19-22H2. The number of amides is 1. The predicted molar refractivity (Wildman–Crippen MR) is 127 cm³/mol. The van der Waals surface area contributed by atoms with Crippen molar-refractivity contribution in [3.63, 3.8) is 0 Å². The SMILES string of the molecule is O=C(c1ccncc1)N1CCC2(CC1)CCN(C(c1ccccc1)c1ccccc1)CC2. The molecule has 0 radical (unpaired) electrons. The maximum Gasteiger partial charge on any atom is 0.253 e. The maximum absolute atomic E-state index is 12.8. The van der Waals surface area contributed by atoms with Crippen LogP contribution in [0.3, 0.4) is 0 Å². The first-order valence-electron chi connectivity index (χ1n) is 11.8. The minimum absolute atomic E-state index is 0.146. The van der Waals surface area contributed by atoms with E-state index in [9.17, 15) is 4.79 Å². The Morgan fingerprint density at radius 1 is 0.719 bits per heavy atom. The summed E-state index contributed by atoms with van der Waals surface area (Å²) in [4.78, 5) is 21.5. The number of piperidine rings is 2. The molecule has 1 amide bonds. The van der Waals surface area contributed by atoms with Crippen molar-refractivity contribution in [2.45, 2.75) is 31.7 Å². The minimum atomic E-state index is 0.146. The molecular formula is C28H31N3O. The highest BCUT2D eigenvalue weighted by Gasteiger charge is 2.40. The van der Waals surface area contributed by atoms with Crippen LogP contribution in [0.4, 0.5) is 0 Å². The molecule has 5 rings (SSSR count). The van der Waals surface area contributed by atoms with E-state index in [1.165, 1.54) is 24.0 Å². The number of nitrogens with zero attached hydrogens (tertiary/aromatic N) is 3. The number of likely N-dealkylation sites (tertiary alicyclic amines) is 2. The topological polar surface area (TPSA) is 36.4 Å². The summed E-state index contributed by atoms with van der Waals surface area (Å²) in [6.45, 7) is 3.93. The van der Waals surface area contributed by atoms with Crippen LogP contribution in [0.5, 0.6) is 0 Å². The molecule has 2 fully saturated rings. The molecule has 0 bridgehead atoms.